The zero-order valence-corrected chi connectivity index (χ0v) is 12.4. The minimum atomic E-state index is -0.438. The monoisotopic (exact) mass is 322 g/mol. The molecule has 0 radical (unpaired) electrons. The Labute approximate surface area is 130 Å². The molecular formula is C15H9Cl2FN2O. The Hall–Kier alpha value is -1.91. The number of furan rings is 1. The summed E-state index contributed by atoms with van der Waals surface area (Å²) >= 11 is 12.3. The van der Waals surface area contributed by atoms with Crippen molar-refractivity contribution in [3.05, 3.63) is 58.3 Å². The van der Waals surface area contributed by atoms with Crippen molar-refractivity contribution in [3.8, 4) is 22.7 Å². The zero-order chi connectivity index (χ0) is 15.0. The van der Waals surface area contributed by atoms with E-state index in [2.05, 4.69) is 9.97 Å². The van der Waals surface area contributed by atoms with Crippen LogP contribution in [-0.4, -0.2) is 9.97 Å². The number of aryl methyl sites for hydroxylation is 1. The number of benzene rings is 1. The van der Waals surface area contributed by atoms with Crippen LogP contribution in [0.3, 0.4) is 0 Å². The summed E-state index contributed by atoms with van der Waals surface area (Å²) in [7, 11) is 0. The first-order chi connectivity index (χ1) is 10.1. The molecule has 0 saturated carbocycles. The zero-order valence-electron chi connectivity index (χ0n) is 10.9. The van der Waals surface area contributed by atoms with Crippen LogP contribution in [0.25, 0.3) is 22.7 Å². The van der Waals surface area contributed by atoms with Gasteiger partial charge in [0.05, 0.1) is 11.8 Å². The minimum absolute atomic E-state index is 0.0749. The van der Waals surface area contributed by atoms with E-state index in [1.807, 2.05) is 6.92 Å². The van der Waals surface area contributed by atoms with Crippen LogP contribution in [0.15, 0.2) is 41.0 Å². The van der Waals surface area contributed by atoms with Crippen LogP contribution >= 0.6 is 23.2 Å². The predicted octanol–water partition coefficient (Wildman–Crippen LogP) is 5.16. The largest absolute Gasteiger partial charge is 0.461 e. The van der Waals surface area contributed by atoms with Gasteiger partial charge in [-0.2, -0.15) is 0 Å². The smallest absolute Gasteiger partial charge is 0.198 e. The standard InChI is InChI=1S/C15H9Cl2FN2O/c1-8-6-7-21-12(8)15-19-13(16)11(14(17)20-15)9-4-2-3-5-10(9)18/h2-7H,1H3. The van der Waals surface area contributed by atoms with Gasteiger partial charge in [0.1, 0.15) is 16.1 Å². The maximum Gasteiger partial charge on any atom is 0.198 e. The molecule has 0 spiro atoms. The van der Waals surface area contributed by atoms with E-state index in [4.69, 9.17) is 27.6 Å². The molecule has 0 fully saturated rings. The van der Waals surface area contributed by atoms with Crippen molar-refractivity contribution in [1.82, 2.24) is 9.97 Å². The lowest BCUT2D eigenvalue weighted by molar-refractivity contribution is 0.575. The highest BCUT2D eigenvalue weighted by Gasteiger charge is 2.19. The molecule has 0 unspecified atom stereocenters. The lowest BCUT2D eigenvalue weighted by atomic mass is 10.1. The quantitative estimate of drug-likeness (QED) is 0.612. The molecule has 0 amide bonds. The summed E-state index contributed by atoms with van der Waals surface area (Å²) in [4.78, 5) is 8.33. The normalized spacial score (nSPS) is 10.9. The number of aromatic nitrogens is 2. The summed E-state index contributed by atoms with van der Waals surface area (Å²) in [5.41, 5.74) is 1.39. The maximum absolute atomic E-state index is 13.9. The Morgan fingerprint density at radius 1 is 1.05 bits per heavy atom. The van der Waals surface area contributed by atoms with E-state index in [9.17, 15) is 4.39 Å². The van der Waals surface area contributed by atoms with Gasteiger partial charge in [-0.05, 0) is 24.6 Å². The van der Waals surface area contributed by atoms with Gasteiger partial charge < -0.3 is 4.42 Å². The molecule has 0 aliphatic carbocycles. The molecule has 2 aromatic heterocycles. The van der Waals surface area contributed by atoms with E-state index in [1.54, 1.807) is 24.3 Å². The van der Waals surface area contributed by atoms with Gasteiger partial charge in [0.2, 0.25) is 0 Å². The molecule has 3 aromatic rings. The van der Waals surface area contributed by atoms with Gasteiger partial charge in [0.25, 0.3) is 0 Å². The molecule has 0 N–H and O–H groups in total. The van der Waals surface area contributed by atoms with Gasteiger partial charge in [0.15, 0.2) is 11.6 Å². The Morgan fingerprint density at radius 3 is 2.29 bits per heavy atom. The van der Waals surface area contributed by atoms with E-state index >= 15 is 0 Å². The van der Waals surface area contributed by atoms with Crippen LogP contribution in [0.2, 0.25) is 10.3 Å². The number of halogens is 3. The van der Waals surface area contributed by atoms with Gasteiger partial charge in [-0.15, -0.1) is 0 Å². The van der Waals surface area contributed by atoms with Gasteiger partial charge in [-0.25, -0.2) is 14.4 Å². The van der Waals surface area contributed by atoms with Gasteiger partial charge in [0, 0.05) is 5.56 Å². The minimum Gasteiger partial charge on any atom is -0.461 e. The molecule has 0 aliphatic rings. The first-order valence-corrected chi connectivity index (χ1v) is 6.86. The molecule has 106 valence electrons. The summed E-state index contributed by atoms with van der Waals surface area (Å²) < 4.78 is 19.2. The van der Waals surface area contributed by atoms with Crippen molar-refractivity contribution in [2.45, 2.75) is 6.92 Å². The average molecular weight is 323 g/mol. The van der Waals surface area contributed by atoms with E-state index in [0.717, 1.165) is 5.56 Å². The number of rotatable bonds is 2. The van der Waals surface area contributed by atoms with Crippen LogP contribution in [0, 0.1) is 12.7 Å². The molecular weight excluding hydrogens is 314 g/mol. The third-order valence-corrected chi connectivity index (χ3v) is 3.58. The van der Waals surface area contributed by atoms with Crippen LogP contribution in [-0.2, 0) is 0 Å². The third kappa shape index (κ3) is 2.52. The lowest BCUT2D eigenvalue weighted by Crippen LogP contribution is -1.96. The Morgan fingerprint density at radius 2 is 1.71 bits per heavy atom. The van der Waals surface area contributed by atoms with Crippen molar-refractivity contribution in [2.24, 2.45) is 0 Å². The van der Waals surface area contributed by atoms with E-state index in [1.165, 1.54) is 12.3 Å². The van der Waals surface area contributed by atoms with E-state index in [0.29, 0.717) is 5.76 Å². The Bertz CT molecular complexity index is 794. The summed E-state index contributed by atoms with van der Waals surface area (Å²) in [6.07, 6.45) is 1.53. The second-order valence-electron chi connectivity index (χ2n) is 4.42. The second-order valence-corrected chi connectivity index (χ2v) is 5.13. The highest BCUT2D eigenvalue weighted by atomic mass is 35.5. The maximum atomic E-state index is 13.9. The molecule has 3 nitrogen and oxygen atoms in total. The lowest BCUT2D eigenvalue weighted by Gasteiger charge is -2.08. The van der Waals surface area contributed by atoms with Crippen molar-refractivity contribution >= 4 is 23.2 Å². The van der Waals surface area contributed by atoms with Crippen molar-refractivity contribution in [2.75, 3.05) is 0 Å². The molecule has 0 aliphatic heterocycles. The number of hydrogen-bond acceptors (Lipinski definition) is 3. The molecule has 0 saturated heterocycles. The van der Waals surface area contributed by atoms with Crippen LogP contribution in [0.4, 0.5) is 4.39 Å². The Kier molecular flexibility index (Phi) is 3.66. The molecule has 6 heteroatoms. The highest BCUT2D eigenvalue weighted by Crippen LogP contribution is 2.36. The van der Waals surface area contributed by atoms with Gasteiger partial charge >= 0.3 is 0 Å². The van der Waals surface area contributed by atoms with Crippen LogP contribution < -0.4 is 0 Å². The summed E-state index contributed by atoms with van der Waals surface area (Å²) in [5, 5.41) is 0.150. The summed E-state index contributed by atoms with van der Waals surface area (Å²) in [6, 6.07) is 7.96. The average Bonchev–Trinajstić information content (AvgIpc) is 2.86. The van der Waals surface area contributed by atoms with Crippen molar-refractivity contribution in [3.63, 3.8) is 0 Å². The first-order valence-electron chi connectivity index (χ1n) is 6.10. The number of nitrogens with zero attached hydrogens (tertiary/aromatic N) is 2. The Balaban J connectivity index is 2.18. The fourth-order valence-electron chi connectivity index (χ4n) is 2.00. The first kappa shape index (κ1) is 14.0. The topological polar surface area (TPSA) is 38.9 Å². The van der Waals surface area contributed by atoms with Gasteiger partial charge in [-0.1, -0.05) is 41.4 Å². The molecule has 21 heavy (non-hydrogen) atoms. The van der Waals surface area contributed by atoms with Crippen LogP contribution in [0.5, 0.6) is 0 Å². The predicted molar refractivity (Wildman–Crippen MR) is 79.9 cm³/mol. The second kappa shape index (κ2) is 5.47. The van der Waals surface area contributed by atoms with E-state index in [-0.39, 0.29) is 27.3 Å². The fourth-order valence-corrected chi connectivity index (χ4v) is 2.59. The SMILES string of the molecule is Cc1ccoc1-c1nc(Cl)c(-c2ccccc2F)c(Cl)n1. The van der Waals surface area contributed by atoms with Gasteiger partial charge in [-0.3, -0.25) is 0 Å². The summed E-state index contributed by atoms with van der Waals surface area (Å²) in [6.45, 7) is 1.86. The molecule has 3 rings (SSSR count). The molecule has 1 aromatic carbocycles. The fraction of sp³-hybridized carbons (Fsp3) is 0.0667. The highest BCUT2D eigenvalue weighted by molar-refractivity contribution is 6.37. The van der Waals surface area contributed by atoms with Crippen LogP contribution in [0.1, 0.15) is 5.56 Å². The molecule has 0 atom stereocenters. The third-order valence-electron chi connectivity index (χ3n) is 3.03. The van der Waals surface area contributed by atoms with E-state index < -0.39 is 5.82 Å². The summed E-state index contributed by atoms with van der Waals surface area (Å²) in [5.74, 6) is 0.318. The molecule has 2 heterocycles. The van der Waals surface area contributed by atoms with Crippen molar-refractivity contribution < 1.29 is 8.81 Å². The number of hydrogen-bond donors (Lipinski definition) is 0. The molecule has 0 bridgehead atoms. The van der Waals surface area contributed by atoms with Crippen molar-refractivity contribution in [1.29, 1.82) is 0 Å².